The summed E-state index contributed by atoms with van der Waals surface area (Å²) in [5.41, 5.74) is 2.09. The molecule has 0 aliphatic carbocycles. The average molecular weight is 314 g/mol. The van der Waals surface area contributed by atoms with Crippen molar-refractivity contribution in [3.8, 4) is 0 Å². The van der Waals surface area contributed by atoms with Gasteiger partial charge in [0.05, 0.1) is 4.90 Å². The van der Waals surface area contributed by atoms with Crippen LogP contribution in [0.1, 0.15) is 30.4 Å². The maximum Gasteiger partial charge on any atom is 0.240 e. The van der Waals surface area contributed by atoms with E-state index in [1.165, 1.54) is 0 Å². The van der Waals surface area contributed by atoms with Crippen molar-refractivity contribution in [3.05, 3.63) is 29.3 Å². The molecular weight excluding hydrogens is 288 g/mol. The summed E-state index contributed by atoms with van der Waals surface area (Å²) < 4.78 is 32.1. The molecule has 0 radical (unpaired) electrons. The van der Waals surface area contributed by atoms with E-state index in [9.17, 15) is 8.42 Å². The second kappa shape index (κ2) is 9.15. The lowest BCUT2D eigenvalue weighted by Gasteiger charge is -2.10. The van der Waals surface area contributed by atoms with E-state index in [-0.39, 0.29) is 0 Å². The van der Waals surface area contributed by atoms with E-state index in [4.69, 9.17) is 4.74 Å². The minimum atomic E-state index is -3.42. The number of hydrogen-bond acceptors (Lipinski definition) is 4. The van der Waals surface area contributed by atoms with Gasteiger partial charge in [-0.05, 0) is 56.5 Å². The monoisotopic (exact) mass is 314 g/mol. The van der Waals surface area contributed by atoms with E-state index in [1.54, 1.807) is 19.2 Å². The average Bonchev–Trinajstić information content (AvgIpc) is 2.45. The Kier molecular flexibility index (Phi) is 7.88. The van der Waals surface area contributed by atoms with Crippen LogP contribution in [0.15, 0.2) is 23.1 Å². The standard InChI is InChI=1S/C15H26N2O3S/c1-13-7-8-15(11-14(13)12-16-2)21(18,19)17-9-5-4-6-10-20-3/h7-8,11,16-17H,4-6,9-10,12H2,1-3H3. The fourth-order valence-electron chi connectivity index (χ4n) is 2.03. The molecule has 1 aromatic rings. The van der Waals surface area contributed by atoms with E-state index < -0.39 is 10.0 Å². The van der Waals surface area contributed by atoms with E-state index in [0.29, 0.717) is 18.0 Å². The van der Waals surface area contributed by atoms with Crippen LogP contribution in [-0.2, 0) is 21.3 Å². The molecule has 120 valence electrons. The Morgan fingerprint density at radius 3 is 2.62 bits per heavy atom. The molecule has 0 amide bonds. The first-order valence-electron chi connectivity index (χ1n) is 7.24. The minimum absolute atomic E-state index is 0.329. The summed E-state index contributed by atoms with van der Waals surface area (Å²) in [6, 6.07) is 5.24. The molecule has 0 aliphatic rings. The predicted molar refractivity (Wildman–Crippen MR) is 84.9 cm³/mol. The van der Waals surface area contributed by atoms with E-state index in [2.05, 4.69) is 10.0 Å². The molecule has 0 saturated carbocycles. The molecule has 0 atom stereocenters. The summed E-state index contributed by atoms with van der Waals surface area (Å²) in [4.78, 5) is 0.329. The number of methoxy groups -OCH3 is 1. The highest BCUT2D eigenvalue weighted by Crippen LogP contribution is 2.15. The number of hydrogen-bond donors (Lipinski definition) is 2. The second-order valence-corrected chi connectivity index (χ2v) is 6.84. The number of benzene rings is 1. The van der Waals surface area contributed by atoms with Crippen LogP contribution in [0.2, 0.25) is 0 Å². The lowest BCUT2D eigenvalue weighted by atomic mass is 10.1. The van der Waals surface area contributed by atoms with Crippen molar-refractivity contribution in [3.63, 3.8) is 0 Å². The molecule has 0 saturated heterocycles. The van der Waals surface area contributed by atoms with Gasteiger partial charge in [-0.1, -0.05) is 6.07 Å². The molecule has 5 nitrogen and oxygen atoms in total. The predicted octanol–water partition coefficient (Wildman–Crippen LogP) is 1.81. The zero-order valence-corrected chi connectivity index (χ0v) is 13.9. The third-order valence-electron chi connectivity index (χ3n) is 3.32. The molecule has 0 spiro atoms. The van der Waals surface area contributed by atoms with Crippen LogP contribution >= 0.6 is 0 Å². The first-order chi connectivity index (χ1) is 10.0. The molecule has 1 aromatic carbocycles. The molecule has 0 fully saturated rings. The van der Waals surface area contributed by atoms with Crippen LogP contribution in [0, 0.1) is 6.92 Å². The summed E-state index contributed by atoms with van der Waals surface area (Å²) >= 11 is 0. The van der Waals surface area contributed by atoms with Gasteiger partial charge < -0.3 is 10.1 Å². The largest absolute Gasteiger partial charge is 0.385 e. The minimum Gasteiger partial charge on any atom is -0.385 e. The van der Waals surface area contributed by atoms with Crippen LogP contribution in [0.4, 0.5) is 0 Å². The zero-order chi connectivity index (χ0) is 15.7. The summed E-state index contributed by atoms with van der Waals surface area (Å²) in [5, 5.41) is 3.05. The highest BCUT2D eigenvalue weighted by Gasteiger charge is 2.14. The summed E-state index contributed by atoms with van der Waals surface area (Å²) in [6.45, 7) is 3.82. The molecule has 0 unspecified atom stereocenters. The first-order valence-corrected chi connectivity index (χ1v) is 8.72. The van der Waals surface area contributed by atoms with Gasteiger partial charge >= 0.3 is 0 Å². The fraction of sp³-hybridized carbons (Fsp3) is 0.600. The lowest BCUT2D eigenvalue weighted by Crippen LogP contribution is -2.25. The van der Waals surface area contributed by atoms with Gasteiger partial charge in [-0.2, -0.15) is 0 Å². The van der Waals surface area contributed by atoms with Gasteiger partial charge in [-0.15, -0.1) is 0 Å². The summed E-state index contributed by atoms with van der Waals surface area (Å²) in [5.74, 6) is 0. The van der Waals surface area contributed by atoms with Gasteiger partial charge in [-0.25, -0.2) is 13.1 Å². The molecule has 0 heterocycles. The van der Waals surface area contributed by atoms with Gasteiger partial charge in [0, 0.05) is 26.8 Å². The number of unbranched alkanes of at least 4 members (excludes halogenated alkanes) is 2. The van der Waals surface area contributed by atoms with Gasteiger partial charge in [0.1, 0.15) is 0 Å². The zero-order valence-electron chi connectivity index (χ0n) is 13.1. The van der Waals surface area contributed by atoms with Crippen LogP contribution in [0.3, 0.4) is 0 Å². The van der Waals surface area contributed by atoms with Gasteiger partial charge in [0.25, 0.3) is 0 Å². The Hall–Kier alpha value is -0.950. The second-order valence-electron chi connectivity index (χ2n) is 5.07. The summed E-state index contributed by atoms with van der Waals surface area (Å²) in [6.07, 6.45) is 2.72. The Morgan fingerprint density at radius 1 is 1.19 bits per heavy atom. The number of rotatable bonds is 10. The Labute approximate surface area is 128 Å². The van der Waals surface area contributed by atoms with Crippen LogP contribution < -0.4 is 10.0 Å². The Balaban J connectivity index is 2.59. The topological polar surface area (TPSA) is 67.4 Å². The Bertz CT molecular complexity index is 530. The van der Waals surface area contributed by atoms with Crippen molar-refractivity contribution in [2.75, 3.05) is 27.3 Å². The number of aryl methyl sites for hydroxylation is 1. The molecule has 1 rings (SSSR count). The SMILES string of the molecule is CNCc1cc(S(=O)(=O)NCCCCCOC)ccc1C. The van der Waals surface area contributed by atoms with Crippen molar-refractivity contribution in [2.24, 2.45) is 0 Å². The smallest absolute Gasteiger partial charge is 0.240 e. The maximum atomic E-state index is 12.2. The quantitative estimate of drug-likeness (QED) is 0.646. The van der Waals surface area contributed by atoms with Crippen molar-refractivity contribution < 1.29 is 13.2 Å². The van der Waals surface area contributed by atoms with Gasteiger partial charge in [0.15, 0.2) is 0 Å². The third kappa shape index (κ3) is 6.13. The highest BCUT2D eigenvalue weighted by atomic mass is 32.2. The molecule has 0 bridgehead atoms. The molecule has 0 aromatic heterocycles. The van der Waals surface area contributed by atoms with Crippen molar-refractivity contribution in [1.82, 2.24) is 10.0 Å². The van der Waals surface area contributed by atoms with Gasteiger partial charge in [-0.3, -0.25) is 0 Å². The van der Waals surface area contributed by atoms with Crippen molar-refractivity contribution in [1.29, 1.82) is 0 Å². The van der Waals surface area contributed by atoms with Crippen molar-refractivity contribution >= 4 is 10.0 Å². The van der Waals surface area contributed by atoms with Crippen molar-refractivity contribution in [2.45, 2.75) is 37.6 Å². The normalized spacial score (nSPS) is 11.8. The van der Waals surface area contributed by atoms with Crippen LogP contribution in [-0.4, -0.2) is 35.7 Å². The molecule has 21 heavy (non-hydrogen) atoms. The highest BCUT2D eigenvalue weighted by molar-refractivity contribution is 7.89. The molecular formula is C15H26N2O3S. The number of nitrogens with one attached hydrogen (secondary N) is 2. The van der Waals surface area contributed by atoms with Crippen LogP contribution in [0.25, 0.3) is 0 Å². The lowest BCUT2D eigenvalue weighted by molar-refractivity contribution is 0.192. The molecule has 0 aliphatic heterocycles. The summed E-state index contributed by atoms with van der Waals surface area (Å²) in [7, 11) is 0.0960. The third-order valence-corrected chi connectivity index (χ3v) is 4.77. The molecule has 2 N–H and O–H groups in total. The maximum absolute atomic E-state index is 12.2. The fourth-order valence-corrected chi connectivity index (χ4v) is 3.16. The molecule has 6 heteroatoms. The first kappa shape index (κ1) is 18.1. The van der Waals surface area contributed by atoms with Crippen LogP contribution in [0.5, 0.6) is 0 Å². The van der Waals surface area contributed by atoms with E-state index in [0.717, 1.165) is 37.0 Å². The number of ether oxygens (including phenoxy) is 1. The van der Waals surface area contributed by atoms with Gasteiger partial charge in [0.2, 0.25) is 10.0 Å². The number of sulfonamides is 1. The Morgan fingerprint density at radius 2 is 1.95 bits per heavy atom. The van der Waals surface area contributed by atoms with E-state index in [1.807, 2.05) is 20.0 Å². The van der Waals surface area contributed by atoms with E-state index >= 15 is 0 Å².